The molecule has 0 saturated carbocycles. The molecule has 0 unspecified atom stereocenters. The molecule has 1 heterocycles. The summed E-state index contributed by atoms with van der Waals surface area (Å²) in [6, 6.07) is 8.73. The number of nitrogens with zero attached hydrogens (tertiary/aromatic N) is 3. The van der Waals surface area contributed by atoms with Crippen molar-refractivity contribution < 1.29 is 13.5 Å². The molecule has 0 radical (unpaired) electrons. The van der Waals surface area contributed by atoms with Gasteiger partial charge in [0.15, 0.2) is 0 Å². The van der Waals surface area contributed by atoms with E-state index in [0.717, 1.165) is 17.3 Å². The van der Waals surface area contributed by atoms with Crippen LogP contribution in [-0.2, 0) is 0 Å². The maximum Gasteiger partial charge on any atom is 0.246 e. The lowest BCUT2D eigenvalue weighted by molar-refractivity contribution is 0.415. The quantitative estimate of drug-likeness (QED) is 0.799. The highest BCUT2D eigenvalue weighted by atomic mass is 19.1. The van der Waals surface area contributed by atoms with Gasteiger partial charge >= 0.3 is 0 Å². The fourth-order valence-electron chi connectivity index (χ4n) is 2.10. The van der Waals surface area contributed by atoms with Gasteiger partial charge in [-0.05, 0) is 30.7 Å². The summed E-state index contributed by atoms with van der Waals surface area (Å²) in [6.45, 7) is 1.93. The van der Waals surface area contributed by atoms with Gasteiger partial charge in [-0.3, -0.25) is 0 Å². The number of anilines is 2. The number of ether oxygens (including phenoxy) is 1. The zero-order valence-electron chi connectivity index (χ0n) is 12.5. The maximum atomic E-state index is 13.3. The number of rotatable bonds is 4. The molecule has 0 aliphatic carbocycles. The molecule has 3 aromatic rings. The molecule has 23 heavy (non-hydrogen) atoms. The van der Waals surface area contributed by atoms with Crippen LogP contribution in [0.1, 0.15) is 5.56 Å². The number of halogens is 2. The van der Waals surface area contributed by atoms with Gasteiger partial charge in [0.1, 0.15) is 23.7 Å². The molecule has 5 nitrogen and oxygen atoms in total. The molecule has 1 N–H and O–H groups in total. The van der Waals surface area contributed by atoms with Gasteiger partial charge in [-0.15, -0.1) is 5.10 Å². The summed E-state index contributed by atoms with van der Waals surface area (Å²) in [5, 5.41) is 7.23. The van der Waals surface area contributed by atoms with Gasteiger partial charge in [-0.2, -0.15) is 4.98 Å². The number of benzene rings is 2. The molecule has 1 aromatic heterocycles. The van der Waals surface area contributed by atoms with Gasteiger partial charge in [0, 0.05) is 17.8 Å². The minimum absolute atomic E-state index is 0.255. The molecule has 0 bridgehead atoms. The fraction of sp³-hybridized carbons (Fsp3) is 0.125. The highest BCUT2D eigenvalue weighted by Gasteiger charge is 2.08. The van der Waals surface area contributed by atoms with Crippen molar-refractivity contribution in [1.82, 2.24) is 14.8 Å². The fourth-order valence-corrected chi connectivity index (χ4v) is 2.10. The van der Waals surface area contributed by atoms with E-state index in [1.165, 1.54) is 23.1 Å². The van der Waals surface area contributed by atoms with Gasteiger partial charge in [0.05, 0.1) is 12.8 Å². The van der Waals surface area contributed by atoms with Crippen molar-refractivity contribution in [2.24, 2.45) is 0 Å². The second kappa shape index (κ2) is 6.04. The van der Waals surface area contributed by atoms with Gasteiger partial charge in [0.25, 0.3) is 0 Å². The Morgan fingerprint density at radius 2 is 1.83 bits per heavy atom. The first-order chi connectivity index (χ1) is 11.0. The molecule has 0 spiro atoms. The molecule has 3 rings (SSSR count). The number of nitrogens with one attached hydrogen (secondary N) is 1. The van der Waals surface area contributed by atoms with Crippen LogP contribution in [0.25, 0.3) is 5.69 Å². The standard InChI is InChI=1S/C16H14F2N4O/c1-10-3-4-14(23-2)8-15(10)20-16-19-9-22(21-16)13-6-11(17)5-12(18)7-13/h3-9H,1-2H3,(H,20,21). The summed E-state index contributed by atoms with van der Waals surface area (Å²) in [5.41, 5.74) is 2.02. The van der Waals surface area contributed by atoms with E-state index in [1.807, 2.05) is 25.1 Å². The first kappa shape index (κ1) is 15.0. The normalized spacial score (nSPS) is 10.6. The van der Waals surface area contributed by atoms with Crippen LogP contribution in [0.15, 0.2) is 42.7 Å². The molecule has 0 atom stereocenters. The molecule has 7 heteroatoms. The minimum atomic E-state index is -0.673. The first-order valence-electron chi connectivity index (χ1n) is 6.85. The Balaban J connectivity index is 1.88. The largest absolute Gasteiger partial charge is 0.497 e. The minimum Gasteiger partial charge on any atom is -0.497 e. The zero-order chi connectivity index (χ0) is 16.4. The van der Waals surface area contributed by atoms with Crippen molar-refractivity contribution in [2.45, 2.75) is 6.92 Å². The Bertz CT molecular complexity index is 828. The first-order valence-corrected chi connectivity index (χ1v) is 6.85. The van der Waals surface area contributed by atoms with Crippen molar-refractivity contribution in [3.8, 4) is 11.4 Å². The third-order valence-electron chi connectivity index (χ3n) is 3.29. The van der Waals surface area contributed by atoms with Crippen molar-refractivity contribution >= 4 is 11.6 Å². The Labute approximate surface area is 131 Å². The predicted molar refractivity (Wildman–Crippen MR) is 82.3 cm³/mol. The molecule has 0 aliphatic heterocycles. The van der Waals surface area contributed by atoms with E-state index < -0.39 is 11.6 Å². The molecule has 0 aliphatic rings. The Hall–Kier alpha value is -2.96. The second-order valence-corrected chi connectivity index (χ2v) is 4.95. The van der Waals surface area contributed by atoms with Gasteiger partial charge in [-0.25, -0.2) is 13.5 Å². The average Bonchev–Trinajstić information content (AvgIpc) is 2.97. The van der Waals surface area contributed by atoms with Gasteiger partial charge in [-0.1, -0.05) is 6.07 Å². The number of hydrogen-bond donors (Lipinski definition) is 1. The molecule has 2 aromatic carbocycles. The van der Waals surface area contributed by atoms with Crippen molar-refractivity contribution in [1.29, 1.82) is 0 Å². The summed E-state index contributed by atoms with van der Waals surface area (Å²) < 4.78 is 33.0. The summed E-state index contributed by atoms with van der Waals surface area (Å²) in [5.74, 6) is -0.335. The average molecular weight is 316 g/mol. The Morgan fingerprint density at radius 3 is 2.52 bits per heavy atom. The third-order valence-corrected chi connectivity index (χ3v) is 3.29. The topological polar surface area (TPSA) is 52.0 Å². The van der Waals surface area contributed by atoms with Crippen molar-refractivity contribution in [2.75, 3.05) is 12.4 Å². The van der Waals surface area contributed by atoms with Crippen LogP contribution in [0.3, 0.4) is 0 Å². The van der Waals surface area contributed by atoms with E-state index in [0.29, 0.717) is 11.7 Å². The summed E-state index contributed by atoms with van der Waals surface area (Å²) in [4.78, 5) is 4.10. The lowest BCUT2D eigenvalue weighted by Gasteiger charge is -2.08. The van der Waals surface area contributed by atoms with Gasteiger partial charge in [0.2, 0.25) is 5.95 Å². The van der Waals surface area contributed by atoms with Crippen molar-refractivity contribution in [3.05, 3.63) is 59.9 Å². The van der Waals surface area contributed by atoms with E-state index in [4.69, 9.17) is 4.74 Å². The Morgan fingerprint density at radius 1 is 1.09 bits per heavy atom. The SMILES string of the molecule is COc1ccc(C)c(Nc2ncn(-c3cc(F)cc(F)c3)n2)c1. The third kappa shape index (κ3) is 3.28. The van der Waals surface area contributed by atoms with E-state index >= 15 is 0 Å². The molecular formula is C16H14F2N4O. The second-order valence-electron chi connectivity index (χ2n) is 4.95. The number of hydrogen-bond acceptors (Lipinski definition) is 4. The van der Waals surface area contributed by atoms with Gasteiger partial charge < -0.3 is 10.1 Å². The number of aromatic nitrogens is 3. The summed E-state index contributed by atoms with van der Waals surface area (Å²) in [7, 11) is 1.58. The number of aryl methyl sites for hydroxylation is 1. The molecule has 0 saturated heterocycles. The maximum absolute atomic E-state index is 13.3. The summed E-state index contributed by atoms with van der Waals surface area (Å²) in [6.07, 6.45) is 1.38. The Kier molecular flexibility index (Phi) is 3.92. The molecule has 118 valence electrons. The van der Waals surface area contributed by atoms with Crippen LogP contribution in [0.2, 0.25) is 0 Å². The smallest absolute Gasteiger partial charge is 0.246 e. The van der Waals surface area contributed by atoms with Crippen LogP contribution in [0.4, 0.5) is 20.4 Å². The monoisotopic (exact) mass is 316 g/mol. The molecule has 0 amide bonds. The molecule has 0 fully saturated rings. The molecular weight excluding hydrogens is 302 g/mol. The predicted octanol–water partition coefficient (Wildman–Crippen LogP) is 3.61. The zero-order valence-corrected chi connectivity index (χ0v) is 12.5. The lowest BCUT2D eigenvalue weighted by Crippen LogP contribution is -1.99. The van der Waals surface area contributed by atoms with Crippen LogP contribution in [0, 0.1) is 18.6 Å². The summed E-state index contributed by atoms with van der Waals surface area (Å²) >= 11 is 0. The highest BCUT2D eigenvalue weighted by molar-refractivity contribution is 5.60. The van der Waals surface area contributed by atoms with E-state index in [1.54, 1.807) is 7.11 Å². The van der Waals surface area contributed by atoms with Crippen LogP contribution in [0.5, 0.6) is 5.75 Å². The van der Waals surface area contributed by atoms with Crippen molar-refractivity contribution in [3.63, 3.8) is 0 Å². The van der Waals surface area contributed by atoms with E-state index in [-0.39, 0.29) is 5.69 Å². The number of methoxy groups -OCH3 is 1. The lowest BCUT2D eigenvalue weighted by atomic mass is 10.2. The van der Waals surface area contributed by atoms with E-state index in [9.17, 15) is 8.78 Å². The van der Waals surface area contributed by atoms with Crippen LogP contribution in [-0.4, -0.2) is 21.9 Å². The van der Waals surface area contributed by atoms with E-state index in [2.05, 4.69) is 15.4 Å². The highest BCUT2D eigenvalue weighted by Crippen LogP contribution is 2.24. The van der Waals surface area contributed by atoms with Crippen LogP contribution >= 0.6 is 0 Å². The van der Waals surface area contributed by atoms with Crippen LogP contribution < -0.4 is 10.1 Å².